The van der Waals surface area contributed by atoms with Crippen molar-refractivity contribution in [1.82, 2.24) is 19.2 Å². The van der Waals surface area contributed by atoms with Crippen molar-refractivity contribution in [3.8, 4) is 0 Å². The highest BCUT2D eigenvalue weighted by atomic mass is 35.5. The Kier molecular flexibility index (Phi) is 4.36. The number of hydrogen-bond acceptors (Lipinski definition) is 3. The van der Waals surface area contributed by atoms with Gasteiger partial charge in [0.25, 0.3) is 5.91 Å². The molecule has 1 saturated heterocycles. The maximum absolute atomic E-state index is 12.9. The van der Waals surface area contributed by atoms with Crippen molar-refractivity contribution in [2.24, 2.45) is 0 Å². The molecule has 0 spiro atoms. The Morgan fingerprint density at radius 1 is 1.27 bits per heavy atom. The fraction of sp³-hybridized carbons (Fsp3) is 0.500. The Bertz CT molecular complexity index is 689. The third-order valence-electron chi connectivity index (χ3n) is 4.30. The van der Waals surface area contributed by atoms with E-state index in [1.54, 1.807) is 12.1 Å². The third kappa shape index (κ3) is 2.71. The number of likely N-dealkylation sites (N-methyl/N-ethyl adjacent to an activating group) is 1. The van der Waals surface area contributed by atoms with E-state index >= 15 is 0 Å². The SMILES string of the molecule is CCc1nc2cc(Cl)ccn2c1C(=O)N1CCN(CC)CC1. The monoisotopic (exact) mass is 320 g/mol. The zero-order valence-electron chi connectivity index (χ0n) is 13.0. The van der Waals surface area contributed by atoms with Crippen LogP contribution >= 0.6 is 11.6 Å². The van der Waals surface area contributed by atoms with Crippen molar-refractivity contribution in [2.75, 3.05) is 32.7 Å². The molecule has 0 aliphatic carbocycles. The number of aryl methyl sites for hydroxylation is 1. The van der Waals surface area contributed by atoms with E-state index in [2.05, 4.69) is 16.8 Å². The van der Waals surface area contributed by atoms with Gasteiger partial charge in [0.1, 0.15) is 11.3 Å². The summed E-state index contributed by atoms with van der Waals surface area (Å²) in [7, 11) is 0. The van der Waals surface area contributed by atoms with Crippen LogP contribution in [0.2, 0.25) is 5.02 Å². The van der Waals surface area contributed by atoms with E-state index in [9.17, 15) is 4.79 Å². The van der Waals surface area contributed by atoms with Crippen LogP contribution < -0.4 is 0 Å². The van der Waals surface area contributed by atoms with Crippen molar-refractivity contribution < 1.29 is 4.79 Å². The van der Waals surface area contributed by atoms with Gasteiger partial charge in [-0.15, -0.1) is 0 Å². The average molecular weight is 321 g/mol. The quantitative estimate of drug-likeness (QED) is 0.871. The normalized spacial score (nSPS) is 16.4. The molecule has 22 heavy (non-hydrogen) atoms. The fourth-order valence-corrected chi connectivity index (χ4v) is 3.11. The Labute approximate surface area is 135 Å². The summed E-state index contributed by atoms with van der Waals surface area (Å²) in [6.45, 7) is 8.64. The molecule has 2 aromatic rings. The molecule has 0 unspecified atom stereocenters. The van der Waals surface area contributed by atoms with Crippen LogP contribution in [0.25, 0.3) is 5.65 Å². The third-order valence-corrected chi connectivity index (χ3v) is 4.54. The number of hydrogen-bond donors (Lipinski definition) is 0. The van der Waals surface area contributed by atoms with Gasteiger partial charge in [0.15, 0.2) is 0 Å². The van der Waals surface area contributed by atoms with Crippen LogP contribution in [-0.4, -0.2) is 57.8 Å². The number of carbonyl (C=O) groups is 1. The second-order valence-electron chi connectivity index (χ2n) is 5.56. The van der Waals surface area contributed by atoms with Crippen molar-refractivity contribution in [2.45, 2.75) is 20.3 Å². The van der Waals surface area contributed by atoms with E-state index in [1.165, 1.54) is 0 Å². The lowest BCUT2D eigenvalue weighted by atomic mass is 10.2. The number of pyridine rings is 1. The lowest BCUT2D eigenvalue weighted by molar-refractivity contribution is 0.0635. The molecule has 0 aromatic carbocycles. The van der Waals surface area contributed by atoms with E-state index in [0.29, 0.717) is 10.7 Å². The molecule has 0 radical (unpaired) electrons. The summed E-state index contributed by atoms with van der Waals surface area (Å²) >= 11 is 6.03. The molecule has 0 saturated carbocycles. The van der Waals surface area contributed by atoms with E-state index < -0.39 is 0 Å². The molecular formula is C16H21ClN4O. The Hall–Kier alpha value is -1.59. The zero-order valence-corrected chi connectivity index (χ0v) is 13.8. The molecule has 3 heterocycles. The summed E-state index contributed by atoms with van der Waals surface area (Å²) < 4.78 is 1.86. The molecule has 0 N–H and O–H groups in total. The van der Waals surface area contributed by atoms with Gasteiger partial charge in [-0.25, -0.2) is 4.98 Å². The Morgan fingerprint density at radius 2 is 2.00 bits per heavy atom. The van der Waals surface area contributed by atoms with Gasteiger partial charge in [-0.1, -0.05) is 25.4 Å². The summed E-state index contributed by atoms with van der Waals surface area (Å²) in [5.41, 5.74) is 2.25. The van der Waals surface area contributed by atoms with Crippen LogP contribution in [0.5, 0.6) is 0 Å². The first-order chi connectivity index (χ1) is 10.6. The highest BCUT2D eigenvalue weighted by molar-refractivity contribution is 6.30. The number of halogens is 1. The summed E-state index contributed by atoms with van der Waals surface area (Å²) in [6, 6.07) is 3.59. The molecule has 1 fully saturated rings. The van der Waals surface area contributed by atoms with Gasteiger partial charge in [0.2, 0.25) is 0 Å². The standard InChI is InChI=1S/C16H21ClN4O/c1-3-13-15(21-6-5-12(17)11-14(21)18-13)16(22)20-9-7-19(4-2)8-10-20/h5-6,11H,3-4,7-10H2,1-2H3. The topological polar surface area (TPSA) is 40.9 Å². The van der Waals surface area contributed by atoms with Crippen molar-refractivity contribution in [3.63, 3.8) is 0 Å². The summed E-state index contributed by atoms with van der Waals surface area (Å²) in [6.07, 6.45) is 2.56. The van der Waals surface area contributed by atoms with Gasteiger partial charge in [0, 0.05) is 43.5 Å². The first kappa shape index (κ1) is 15.3. The number of imidazole rings is 1. The van der Waals surface area contributed by atoms with E-state index in [-0.39, 0.29) is 5.91 Å². The predicted molar refractivity (Wildman–Crippen MR) is 87.6 cm³/mol. The minimum atomic E-state index is 0.0717. The summed E-state index contributed by atoms with van der Waals surface area (Å²) in [4.78, 5) is 21.8. The highest BCUT2D eigenvalue weighted by Crippen LogP contribution is 2.19. The van der Waals surface area contributed by atoms with Crippen molar-refractivity contribution >= 4 is 23.2 Å². The molecule has 1 aliphatic rings. The first-order valence-electron chi connectivity index (χ1n) is 7.82. The van der Waals surface area contributed by atoms with E-state index in [0.717, 1.165) is 50.5 Å². The molecule has 118 valence electrons. The Morgan fingerprint density at radius 3 is 2.64 bits per heavy atom. The second kappa shape index (κ2) is 6.26. The van der Waals surface area contributed by atoms with Gasteiger partial charge >= 0.3 is 0 Å². The molecule has 2 aromatic heterocycles. The maximum atomic E-state index is 12.9. The first-order valence-corrected chi connectivity index (χ1v) is 8.20. The average Bonchev–Trinajstić information content (AvgIpc) is 2.91. The van der Waals surface area contributed by atoms with Crippen LogP contribution in [0.4, 0.5) is 0 Å². The van der Waals surface area contributed by atoms with Crippen LogP contribution in [-0.2, 0) is 6.42 Å². The number of fused-ring (bicyclic) bond motifs is 1. The summed E-state index contributed by atoms with van der Waals surface area (Å²) in [5, 5.41) is 0.635. The van der Waals surface area contributed by atoms with Gasteiger partial charge in [-0.3, -0.25) is 9.20 Å². The largest absolute Gasteiger partial charge is 0.335 e. The number of piperazine rings is 1. The lowest BCUT2D eigenvalue weighted by Crippen LogP contribution is -2.48. The minimum Gasteiger partial charge on any atom is -0.335 e. The summed E-state index contributed by atoms with van der Waals surface area (Å²) in [5.74, 6) is 0.0717. The lowest BCUT2D eigenvalue weighted by Gasteiger charge is -2.34. The smallest absolute Gasteiger partial charge is 0.272 e. The molecular weight excluding hydrogens is 300 g/mol. The number of rotatable bonds is 3. The Balaban J connectivity index is 1.93. The van der Waals surface area contributed by atoms with Crippen LogP contribution in [0.1, 0.15) is 30.0 Å². The number of amides is 1. The van der Waals surface area contributed by atoms with Gasteiger partial charge in [0.05, 0.1) is 5.69 Å². The number of nitrogens with zero attached hydrogens (tertiary/aromatic N) is 4. The molecule has 6 heteroatoms. The molecule has 1 amide bonds. The molecule has 3 rings (SSSR count). The maximum Gasteiger partial charge on any atom is 0.272 e. The molecule has 5 nitrogen and oxygen atoms in total. The van der Waals surface area contributed by atoms with Crippen molar-refractivity contribution in [3.05, 3.63) is 34.7 Å². The van der Waals surface area contributed by atoms with Gasteiger partial charge < -0.3 is 9.80 Å². The molecule has 0 bridgehead atoms. The van der Waals surface area contributed by atoms with E-state index in [1.807, 2.05) is 22.4 Å². The highest BCUT2D eigenvalue weighted by Gasteiger charge is 2.26. The van der Waals surface area contributed by atoms with Crippen molar-refractivity contribution in [1.29, 1.82) is 0 Å². The minimum absolute atomic E-state index is 0.0717. The second-order valence-corrected chi connectivity index (χ2v) is 6.00. The van der Waals surface area contributed by atoms with Crippen LogP contribution in [0.15, 0.2) is 18.3 Å². The number of aromatic nitrogens is 2. The van der Waals surface area contributed by atoms with Crippen LogP contribution in [0.3, 0.4) is 0 Å². The number of carbonyl (C=O) groups excluding carboxylic acids is 1. The van der Waals surface area contributed by atoms with Crippen LogP contribution in [0, 0.1) is 0 Å². The zero-order chi connectivity index (χ0) is 15.7. The predicted octanol–water partition coefficient (Wildman–Crippen LogP) is 2.33. The molecule has 0 atom stereocenters. The van der Waals surface area contributed by atoms with Gasteiger partial charge in [-0.05, 0) is 19.0 Å². The van der Waals surface area contributed by atoms with E-state index in [4.69, 9.17) is 11.6 Å². The fourth-order valence-electron chi connectivity index (χ4n) is 2.96. The molecule has 1 aliphatic heterocycles. The van der Waals surface area contributed by atoms with Gasteiger partial charge in [-0.2, -0.15) is 0 Å².